The third-order valence-electron chi connectivity index (χ3n) is 2.10. The molecule has 0 nitrogen and oxygen atoms in total. The van der Waals surface area contributed by atoms with E-state index in [1.54, 1.807) is 0 Å². The minimum atomic E-state index is 1.35. The smallest absolute Gasteiger partial charge is 0.0392 e. The van der Waals surface area contributed by atoms with Gasteiger partial charge < -0.3 is 0 Å². The molecule has 1 rings (SSSR count). The molecule has 0 aromatic carbocycles. The van der Waals surface area contributed by atoms with E-state index in [1.165, 1.54) is 16.7 Å². The van der Waals surface area contributed by atoms with Gasteiger partial charge in [-0.05, 0) is 37.5 Å². The van der Waals surface area contributed by atoms with E-state index in [9.17, 15) is 0 Å². The standard InChI is InChI=1S/C11H14/c1-9-7-5-4-6-8-10(2)11(9)3/h4-8H,1-3H3. The Morgan fingerprint density at radius 3 is 2.36 bits per heavy atom. The van der Waals surface area contributed by atoms with Crippen LogP contribution >= 0.6 is 0 Å². The topological polar surface area (TPSA) is 0 Å². The van der Waals surface area contributed by atoms with E-state index in [2.05, 4.69) is 51.2 Å². The minimum absolute atomic E-state index is 1.35. The fourth-order valence-corrected chi connectivity index (χ4v) is 1.02. The van der Waals surface area contributed by atoms with Gasteiger partial charge in [0.25, 0.3) is 0 Å². The van der Waals surface area contributed by atoms with Gasteiger partial charge >= 0.3 is 0 Å². The summed E-state index contributed by atoms with van der Waals surface area (Å²) in [6.45, 7) is 6.44. The fraction of sp³-hybridized carbons (Fsp3) is 0.273. The van der Waals surface area contributed by atoms with Gasteiger partial charge in [-0.25, -0.2) is 0 Å². The Morgan fingerprint density at radius 2 is 1.64 bits per heavy atom. The molecule has 0 fully saturated rings. The normalized spacial score (nSPS) is 17.9. The van der Waals surface area contributed by atoms with Gasteiger partial charge in [0.15, 0.2) is 0 Å². The molecule has 1 aliphatic carbocycles. The first kappa shape index (κ1) is 8.06. The van der Waals surface area contributed by atoms with Crippen molar-refractivity contribution in [1.29, 1.82) is 0 Å². The summed E-state index contributed by atoms with van der Waals surface area (Å²) in [5.74, 6) is 0. The van der Waals surface area contributed by atoms with Gasteiger partial charge in [-0.15, -0.1) is 0 Å². The van der Waals surface area contributed by atoms with Gasteiger partial charge in [0, 0.05) is 0 Å². The van der Waals surface area contributed by atoms with Crippen molar-refractivity contribution >= 4 is 0 Å². The van der Waals surface area contributed by atoms with E-state index in [1.807, 2.05) is 0 Å². The highest BCUT2D eigenvalue weighted by atomic mass is 14.0. The molecule has 11 heavy (non-hydrogen) atoms. The summed E-state index contributed by atoms with van der Waals surface area (Å²) in [5.41, 5.74) is 4.08. The summed E-state index contributed by atoms with van der Waals surface area (Å²) in [7, 11) is 0. The first-order valence-corrected chi connectivity index (χ1v) is 3.91. The Labute approximate surface area is 68.6 Å². The van der Waals surface area contributed by atoms with Crippen molar-refractivity contribution in [3.05, 3.63) is 47.1 Å². The van der Waals surface area contributed by atoms with Crippen molar-refractivity contribution in [2.75, 3.05) is 0 Å². The lowest BCUT2D eigenvalue weighted by Crippen LogP contribution is -1.84. The molecule has 0 aliphatic heterocycles. The molecule has 0 radical (unpaired) electrons. The van der Waals surface area contributed by atoms with Crippen LogP contribution in [0.4, 0.5) is 0 Å². The molecule has 0 bridgehead atoms. The SMILES string of the molecule is CC1=CC=CC=CC(C)=C1C. The Bertz CT molecular complexity index is 260. The second-order valence-electron chi connectivity index (χ2n) is 2.90. The lowest BCUT2D eigenvalue weighted by molar-refractivity contribution is 1.27. The average molecular weight is 146 g/mol. The van der Waals surface area contributed by atoms with Crippen LogP contribution in [0.25, 0.3) is 0 Å². The van der Waals surface area contributed by atoms with Crippen LogP contribution < -0.4 is 0 Å². The van der Waals surface area contributed by atoms with Crippen LogP contribution in [-0.4, -0.2) is 0 Å². The van der Waals surface area contributed by atoms with E-state index in [0.717, 1.165) is 0 Å². The van der Waals surface area contributed by atoms with Gasteiger partial charge in [-0.3, -0.25) is 0 Å². The first-order chi connectivity index (χ1) is 5.22. The second kappa shape index (κ2) is 3.38. The third kappa shape index (κ3) is 1.94. The van der Waals surface area contributed by atoms with Crippen molar-refractivity contribution in [3.8, 4) is 0 Å². The molecule has 0 spiro atoms. The molecule has 0 N–H and O–H groups in total. The summed E-state index contributed by atoms with van der Waals surface area (Å²) in [6.07, 6.45) is 10.5. The van der Waals surface area contributed by atoms with Crippen LogP contribution in [0, 0.1) is 0 Å². The van der Waals surface area contributed by atoms with Crippen molar-refractivity contribution in [3.63, 3.8) is 0 Å². The molecule has 0 heteroatoms. The molecule has 0 atom stereocenters. The van der Waals surface area contributed by atoms with Crippen LogP contribution in [0.1, 0.15) is 20.8 Å². The summed E-state index contributed by atoms with van der Waals surface area (Å²) in [5, 5.41) is 0. The Hall–Kier alpha value is -1.04. The largest absolute Gasteiger partial charge is 0.0622 e. The highest BCUT2D eigenvalue weighted by Gasteiger charge is 1.95. The number of hydrogen-bond acceptors (Lipinski definition) is 0. The maximum Gasteiger partial charge on any atom is -0.0392 e. The molecule has 0 heterocycles. The highest BCUT2D eigenvalue weighted by molar-refractivity contribution is 5.41. The van der Waals surface area contributed by atoms with Gasteiger partial charge in [0.1, 0.15) is 0 Å². The average Bonchev–Trinajstić information content (AvgIpc) is 2.00. The first-order valence-electron chi connectivity index (χ1n) is 3.91. The lowest BCUT2D eigenvalue weighted by Gasteiger charge is -2.04. The lowest BCUT2D eigenvalue weighted by atomic mass is 10.0. The molecule has 1 aliphatic rings. The van der Waals surface area contributed by atoms with Gasteiger partial charge in [0.2, 0.25) is 0 Å². The maximum absolute atomic E-state index is 2.16. The molecular weight excluding hydrogens is 132 g/mol. The van der Waals surface area contributed by atoms with Crippen LogP contribution in [0.3, 0.4) is 0 Å². The zero-order valence-corrected chi connectivity index (χ0v) is 7.39. The van der Waals surface area contributed by atoms with Crippen molar-refractivity contribution in [2.24, 2.45) is 0 Å². The molecular formula is C11H14. The third-order valence-corrected chi connectivity index (χ3v) is 2.10. The summed E-state index contributed by atoms with van der Waals surface area (Å²) in [6, 6.07) is 0. The van der Waals surface area contributed by atoms with Gasteiger partial charge in [-0.1, -0.05) is 30.4 Å². The van der Waals surface area contributed by atoms with E-state index in [4.69, 9.17) is 0 Å². The highest BCUT2D eigenvalue weighted by Crippen LogP contribution is 2.15. The fourth-order valence-electron chi connectivity index (χ4n) is 1.02. The van der Waals surface area contributed by atoms with Crippen LogP contribution in [0.15, 0.2) is 47.1 Å². The van der Waals surface area contributed by atoms with E-state index in [0.29, 0.717) is 0 Å². The number of allylic oxidation sites excluding steroid dienone is 8. The summed E-state index contributed by atoms with van der Waals surface area (Å²) in [4.78, 5) is 0. The molecule has 0 saturated carbocycles. The summed E-state index contributed by atoms with van der Waals surface area (Å²) < 4.78 is 0. The van der Waals surface area contributed by atoms with Crippen molar-refractivity contribution in [2.45, 2.75) is 20.8 Å². The summed E-state index contributed by atoms with van der Waals surface area (Å²) >= 11 is 0. The Balaban J connectivity index is 3.07. The van der Waals surface area contributed by atoms with Crippen LogP contribution in [0.5, 0.6) is 0 Å². The number of hydrogen-bond donors (Lipinski definition) is 0. The predicted molar refractivity (Wildman–Crippen MR) is 50.4 cm³/mol. The van der Waals surface area contributed by atoms with Crippen LogP contribution in [0.2, 0.25) is 0 Å². The Kier molecular flexibility index (Phi) is 2.48. The monoisotopic (exact) mass is 146 g/mol. The van der Waals surface area contributed by atoms with E-state index < -0.39 is 0 Å². The molecule has 0 amide bonds. The van der Waals surface area contributed by atoms with Crippen LogP contribution in [-0.2, 0) is 0 Å². The van der Waals surface area contributed by atoms with E-state index in [-0.39, 0.29) is 0 Å². The molecule has 58 valence electrons. The van der Waals surface area contributed by atoms with E-state index >= 15 is 0 Å². The Morgan fingerprint density at radius 1 is 0.909 bits per heavy atom. The predicted octanol–water partition coefficient (Wildman–Crippen LogP) is 3.40. The van der Waals surface area contributed by atoms with Gasteiger partial charge in [0.05, 0.1) is 0 Å². The molecule has 0 unspecified atom stereocenters. The molecule has 0 aromatic rings. The maximum atomic E-state index is 2.16. The molecule has 0 saturated heterocycles. The quantitative estimate of drug-likeness (QED) is 0.491. The molecule has 0 aromatic heterocycles. The zero-order valence-electron chi connectivity index (χ0n) is 7.39. The van der Waals surface area contributed by atoms with Gasteiger partial charge in [-0.2, -0.15) is 0 Å². The van der Waals surface area contributed by atoms with Crippen molar-refractivity contribution < 1.29 is 0 Å². The second-order valence-corrected chi connectivity index (χ2v) is 2.90. The number of rotatable bonds is 0. The zero-order chi connectivity index (χ0) is 8.27. The van der Waals surface area contributed by atoms with Crippen molar-refractivity contribution in [1.82, 2.24) is 0 Å². The minimum Gasteiger partial charge on any atom is -0.0622 e.